The molecule has 1 aromatic heterocycles. The van der Waals surface area contributed by atoms with Gasteiger partial charge in [0, 0.05) is 19.4 Å². The highest BCUT2D eigenvalue weighted by Gasteiger charge is 2.35. The lowest BCUT2D eigenvalue weighted by Gasteiger charge is -2.31. The number of carboxylic acids is 1. The SMILES string of the molecule is CN(C(=O)c1cncnc1)C(C)(C)C(=O)O. The lowest BCUT2D eigenvalue weighted by Crippen LogP contribution is -2.50. The van der Waals surface area contributed by atoms with E-state index in [0.717, 1.165) is 4.90 Å². The molecule has 0 aliphatic heterocycles. The van der Waals surface area contributed by atoms with Gasteiger partial charge >= 0.3 is 5.97 Å². The zero-order chi connectivity index (χ0) is 12.3. The smallest absolute Gasteiger partial charge is 0.329 e. The lowest BCUT2D eigenvalue weighted by molar-refractivity contribution is -0.147. The normalized spacial score (nSPS) is 10.9. The van der Waals surface area contributed by atoms with Crippen LogP contribution >= 0.6 is 0 Å². The van der Waals surface area contributed by atoms with Crippen LogP contribution in [-0.2, 0) is 4.79 Å². The van der Waals surface area contributed by atoms with E-state index in [9.17, 15) is 9.59 Å². The average molecular weight is 223 g/mol. The highest BCUT2D eigenvalue weighted by Crippen LogP contribution is 2.15. The number of amides is 1. The summed E-state index contributed by atoms with van der Waals surface area (Å²) in [4.78, 5) is 31.4. The highest BCUT2D eigenvalue weighted by atomic mass is 16.4. The van der Waals surface area contributed by atoms with Gasteiger partial charge in [0.2, 0.25) is 0 Å². The molecule has 0 saturated carbocycles. The average Bonchev–Trinajstić information content (AvgIpc) is 2.28. The van der Waals surface area contributed by atoms with Crippen LogP contribution in [0.3, 0.4) is 0 Å². The number of carbonyl (C=O) groups is 2. The predicted molar refractivity (Wildman–Crippen MR) is 55.8 cm³/mol. The number of aliphatic carboxylic acids is 1. The Morgan fingerprint density at radius 1 is 1.31 bits per heavy atom. The molecule has 0 aromatic carbocycles. The van der Waals surface area contributed by atoms with E-state index in [1.807, 2.05) is 0 Å². The van der Waals surface area contributed by atoms with Crippen molar-refractivity contribution in [3.63, 3.8) is 0 Å². The summed E-state index contributed by atoms with van der Waals surface area (Å²) in [5.41, 5.74) is -1.01. The summed E-state index contributed by atoms with van der Waals surface area (Å²) in [6.45, 7) is 2.91. The molecule has 6 heteroatoms. The van der Waals surface area contributed by atoms with Gasteiger partial charge in [0.25, 0.3) is 5.91 Å². The number of aromatic nitrogens is 2. The summed E-state index contributed by atoms with van der Waals surface area (Å²) in [6, 6.07) is 0. The van der Waals surface area contributed by atoms with Gasteiger partial charge in [0.15, 0.2) is 0 Å². The van der Waals surface area contributed by atoms with Crippen molar-refractivity contribution in [1.29, 1.82) is 0 Å². The number of rotatable bonds is 3. The minimum absolute atomic E-state index is 0.263. The van der Waals surface area contributed by atoms with E-state index in [4.69, 9.17) is 5.11 Å². The van der Waals surface area contributed by atoms with E-state index in [-0.39, 0.29) is 5.56 Å². The summed E-state index contributed by atoms with van der Waals surface area (Å²) in [5, 5.41) is 8.98. The topological polar surface area (TPSA) is 83.4 Å². The maximum Gasteiger partial charge on any atom is 0.329 e. The van der Waals surface area contributed by atoms with Crippen molar-refractivity contribution >= 4 is 11.9 Å². The van der Waals surface area contributed by atoms with Crippen LogP contribution in [0.2, 0.25) is 0 Å². The zero-order valence-electron chi connectivity index (χ0n) is 9.34. The van der Waals surface area contributed by atoms with Gasteiger partial charge in [-0.2, -0.15) is 0 Å². The van der Waals surface area contributed by atoms with E-state index in [0.29, 0.717) is 0 Å². The molecule has 16 heavy (non-hydrogen) atoms. The standard InChI is InChI=1S/C10H13N3O3/c1-10(2,9(15)16)13(3)8(14)7-4-11-6-12-5-7/h4-6H,1-3H3,(H,15,16). The van der Waals surface area contributed by atoms with Crippen molar-refractivity contribution in [1.82, 2.24) is 14.9 Å². The predicted octanol–water partition coefficient (Wildman–Crippen LogP) is 0.412. The van der Waals surface area contributed by atoms with Crippen LogP contribution in [0.4, 0.5) is 0 Å². The number of hydrogen-bond acceptors (Lipinski definition) is 4. The van der Waals surface area contributed by atoms with Crippen molar-refractivity contribution in [2.45, 2.75) is 19.4 Å². The fourth-order valence-electron chi connectivity index (χ4n) is 1.00. The zero-order valence-corrected chi connectivity index (χ0v) is 9.34. The molecule has 1 N–H and O–H groups in total. The van der Waals surface area contributed by atoms with Crippen molar-refractivity contribution in [3.05, 3.63) is 24.3 Å². The molecule has 0 saturated heterocycles. The Kier molecular flexibility index (Phi) is 3.22. The van der Waals surface area contributed by atoms with Crippen LogP contribution in [0, 0.1) is 0 Å². The lowest BCUT2D eigenvalue weighted by atomic mass is 10.0. The van der Waals surface area contributed by atoms with Gasteiger partial charge < -0.3 is 10.0 Å². The van der Waals surface area contributed by atoms with Gasteiger partial charge in [-0.25, -0.2) is 14.8 Å². The van der Waals surface area contributed by atoms with Crippen LogP contribution in [0.5, 0.6) is 0 Å². The van der Waals surface area contributed by atoms with Gasteiger partial charge in [-0.05, 0) is 13.8 Å². The third kappa shape index (κ3) is 2.16. The molecule has 1 rings (SSSR count). The monoisotopic (exact) mass is 223 g/mol. The summed E-state index contributed by atoms with van der Waals surface area (Å²) in [7, 11) is 1.43. The van der Waals surface area contributed by atoms with Crippen LogP contribution in [0.25, 0.3) is 0 Å². The minimum atomic E-state index is -1.27. The molecule has 0 bridgehead atoms. The molecular formula is C10H13N3O3. The maximum absolute atomic E-state index is 11.9. The molecule has 0 aliphatic rings. The maximum atomic E-state index is 11.9. The first-order valence-electron chi connectivity index (χ1n) is 4.64. The van der Waals surface area contributed by atoms with Crippen molar-refractivity contribution in [3.8, 4) is 0 Å². The first-order chi connectivity index (χ1) is 7.37. The van der Waals surface area contributed by atoms with Crippen LogP contribution in [0.1, 0.15) is 24.2 Å². The quantitative estimate of drug-likeness (QED) is 0.802. The van der Waals surface area contributed by atoms with Crippen molar-refractivity contribution in [2.75, 3.05) is 7.05 Å². The Balaban J connectivity index is 2.96. The van der Waals surface area contributed by atoms with E-state index < -0.39 is 17.4 Å². The molecule has 0 radical (unpaired) electrons. The largest absolute Gasteiger partial charge is 0.480 e. The van der Waals surface area contributed by atoms with Crippen LogP contribution in [0.15, 0.2) is 18.7 Å². The van der Waals surface area contributed by atoms with Gasteiger partial charge in [0.1, 0.15) is 11.9 Å². The van der Waals surface area contributed by atoms with E-state index in [2.05, 4.69) is 9.97 Å². The number of nitrogens with zero attached hydrogens (tertiary/aromatic N) is 3. The number of likely N-dealkylation sites (N-methyl/N-ethyl adjacent to an activating group) is 1. The summed E-state index contributed by atoms with van der Waals surface area (Å²) < 4.78 is 0. The van der Waals surface area contributed by atoms with Gasteiger partial charge in [-0.15, -0.1) is 0 Å². The molecule has 1 heterocycles. The second-order valence-corrected chi connectivity index (χ2v) is 3.86. The van der Waals surface area contributed by atoms with E-state index >= 15 is 0 Å². The Morgan fingerprint density at radius 3 is 2.25 bits per heavy atom. The van der Waals surface area contributed by atoms with Crippen molar-refractivity contribution in [2.24, 2.45) is 0 Å². The number of carbonyl (C=O) groups excluding carboxylic acids is 1. The first-order valence-corrected chi connectivity index (χ1v) is 4.64. The number of carboxylic acid groups (broad SMARTS) is 1. The van der Waals surface area contributed by atoms with Gasteiger partial charge in [-0.1, -0.05) is 0 Å². The molecule has 0 spiro atoms. The summed E-state index contributed by atoms with van der Waals surface area (Å²) >= 11 is 0. The molecule has 0 fully saturated rings. The number of hydrogen-bond donors (Lipinski definition) is 1. The van der Waals surface area contributed by atoms with Crippen LogP contribution in [-0.4, -0.2) is 44.4 Å². The second kappa shape index (κ2) is 4.26. The Labute approximate surface area is 92.9 Å². The third-order valence-corrected chi connectivity index (χ3v) is 2.47. The van der Waals surface area contributed by atoms with Gasteiger partial charge in [0.05, 0.1) is 5.56 Å². The molecule has 1 aromatic rings. The molecular weight excluding hydrogens is 210 g/mol. The summed E-state index contributed by atoms with van der Waals surface area (Å²) in [5.74, 6) is -1.49. The molecule has 86 valence electrons. The van der Waals surface area contributed by atoms with Gasteiger partial charge in [-0.3, -0.25) is 4.79 Å². The molecule has 0 atom stereocenters. The van der Waals surface area contributed by atoms with E-state index in [1.165, 1.54) is 39.6 Å². The molecule has 0 aliphatic carbocycles. The van der Waals surface area contributed by atoms with E-state index in [1.54, 1.807) is 0 Å². The first kappa shape index (κ1) is 12.1. The Morgan fingerprint density at radius 2 is 1.81 bits per heavy atom. The summed E-state index contributed by atoms with van der Waals surface area (Å²) in [6.07, 6.45) is 4.01. The molecule has 0 unspecified atom stereocenters. The molecule has 6 nitrogen and oxygen atoms in total. The Hall–Kier alpha value is -1.98. The highest BCUT2D eigenvalue weighted by molar-refractivity contribution is 5.96. The molecule has 1 amide bonds. The minimum Gasteiger partial charge on any atom is -0.480 e. The fraction of sp³-hybridized carbons (Fsp3) is 0.400. The fourth-order valence-corrected chi connectivity index (χ4v) is 1.00. The van der Waals surface area contributed by atoms with Crippen molar-refractivity contribution < 1.29 is 14.7 Å². The second-order valence-electron chi connectivity index (χ2n) is 3.86. The third-order valence-electron chi connectivity index (χ3n) is 2.47. The Bertz CT molecular complexity index is 403. The van der Waals surface area contributed by atoms with Crippen LogP contribution < -0.4 is 0 Å².